The summed E-state index contributed by atoms with van der Waals surface area (Å²) in [7, 11) is -2.33. The van der Waals surface area contributed by atoms with E-state index in [1.54, 1.807) is 54.6 Å². The number of carbonyl (C=O) groups is 1. The van der Waals surface area contributed by atoms with Crippen molar-refractivity contribution < 1.29 is 17.9 Å². The van der Waals surface area contributed by atoms with Crippen molar-refractivity contribution in [1.82, 2.24) is 10.2 Å². The number of anilines is 1. The van der Waals surface area contributed by atoms with E-state index in [9.17, 15) is 13.2 Å². The van der Waals surface area contributed by atoms with Crippen LogP contribution in [0.15, 0.2) is 83.8 Å². The van der Waals surface area contributed by atoms with Gasteiger partial charge < -0.3 is 10.1 Å². The Labute approximate surface area is 201 Å². The summed E-state index contributed by atoms with van der Waals surface area (Å²) in [5.41, 5.74) is 2.79. The fraction of sp³-hybridized carbons (Fsp3) is 0.269. The highest BCUT2D eigenvalue weighted by Gasteiger charge is 2.24. The number of benzene rings is 3. The summed E-state index contributed by atoms with van der Waals surface area (Å²) in [6, 6.07) is 23.0. The first-order valence-electron chi connectivity index (χ1n) is 11.2. The molecule has 0 unspecified atom stereocenters. The summed E-state index contributed by atoms with van der Waals surface area (Å²) in [5.74, 6) is -0.329. The smallest absolute Gasteiger partial charge is 0.264 e. The summed E-state index contributed by atoms with van der Waals surface area (Å²) < 4.78 is 32.7. The molecular weight excluding hydrogens is 450 g/mol. The van der Waals surface area contributed by atoms with E-state index in [1.807, 2.05) is 12.1 Å². The summed E-state index contributed by atoms with van der Waals surface area (Å²) in [6.45, 7) is 4.52. The molecular formula is C26H29N3O4S. The lowest BCUT2D eigenvalue weighted by atomic mass is 10.1. The maximum atomic E-state index is 13.1. The number of rotatable bonds is 8. The number of morpholine rings is 1. The number of nitrogens with zero attached hydrogens (tertiary/aromatic N) is 2. The Hall–Kier alpha value is -3.20. The van der Waals surface area contributed by atoms with E-state index in [0.29, 0.717) is 17.8 Å². The predicted octanol–water partition coefficient (Wildman–Crippen LogP) is 3.27. The molecule has 1 fully saturated rings. The zero-order chi connectivity index (χ0) is 24.0. The highest BCUT2D eigenvalue weighted by atomic mass is 32.2. The van der Waals surface area contributed by atoms with Crippen LogP contribution >= 0.6 is 0 Å². The first-order chi connectivity index (χ1) is 16.4. The standard InChI is InChI=1S/C26H29N3O4S/c1-28(34(31,32)23-10-3-2-4-11-23)25-13-6-5-12-24(25)26(30)27-19-21-8-7-9-22(18-21)20-29-14-16-33-17-15-29/h2-13,18H,14-17,19-20H2,1H3,(H,27,30). The number of para-hydroxylation sites is 1. The van der Waals surface area contributed by atoms with Gasteiger partial charge in [-0.05, 0) is 35.4 Å². The van der Waals surface area contributed by atoms with Gasteiger partial charge in [0.15, 0.2) is 0 Å². The molecule has 1 saturated heterocycles. The minimum absolute atomic E-state index is 0.171. The van der Waals surface area contributed by atoms with Crippen molar-refractivity contribution in [1.29, 1.82) is 0 Å². The van der Waals surface area contributed by atoms with Gasteiger partial charge in [-0.1, -0.05) is 54.6 Å². The largest absolute Gasteiger partial charge is 0.379 e. The van der Waals surface area contributed by atoms with Crippen LogP contribution in [0, 0.1) is 0 Å². The minimum Gasteiger partial charge on any atom is -0.379 e. The van der Waals surface area contributed by atoms with Crippen LogP contribution in [-0.2, 0) is 27.8 Å². The fourth-order valence-corrected chi connectivity index (χ4v) is 5.19. The third-order valence-electron chi connectivity index (χ3n) is 5.84. The molecule has 1 aliphatic heterocycles. The summed E-state index contributed by atoms with van der Waals surface area (Å²) in [6.07, 6.45) is 0. The van der Waals surface area contributed by atoms with Gasteiger partial charge >= 0.3 is 0 Å². The summed E-state index contributed by atoms with van der Waals surface area (Å²) in [5, 5.41) is 2.94. The Bertz CT molecular complexity index is 1230. The number of carbonyl (C=O) groups excluding carboxylic acids is 1. The third kappa shape index (κ3) is 5.64. The van der Waals surface area contributed by atoms with Gasteiger partial charge in [0.05, 0.1) is 29.4 Å². The number of sulfonamides is 1. The monoisotopic (exact) mass is 479 g/mol. The molecule has 0 bridgehead atoms. The second-order valence-corrected chi connectivity index (χ2v) is 10.2. The Morgan fingerprint density at radius 2 is 1.62 bits per heavy atom. The van der Waals surface area contributed by atoms with Crippen molar-refractivity contribution in [2.45, 2.75) is 18.0 Å². The van der Waals surface area contributed by atoms with Crippen molar-refractivity contribution in [3.8, 4) is 0 Å². The van der Waals surface area contributed by atoms with Crippen LogP contribution in [0.4, 0.5) is 5.69 Å². The highest BCUT2D eigenvalue weighted by molar-refractivity contribution is 7.92. The molecule has 8 heteroatoms. The second-order valence-electron chi connectivity index (χ2n) is 8.19. The average Bonchev–Trinajstić information content (AvgIpc) is 2.88. The normalized spacial score (nSPS) is 14.5. The molecule has 0 spiro atoms. The molecule has 0 aromatic heterocycles. The van der Waals surface area contributed by atoms with E-state index in [1.165, 1.54) is 12.6 Å². The molecule has 1 amide bonds. The lowest BCUT2D eigenvalue weighted by Gasteiger charge is -2.26. The van der Waals surface area contributed by atoms with Crippen LogP contribution in [-0.4, -0.2) is 52.6 Å². The van der Waals surface area contributed by atoms with Crippen molar-refractivity contribution in [3.05, 3.63) is 95.6 Å². The highest BCUT2D eigenvalue weighted by Crippen LogP contribution is 2.25. The first-order valence-corrected chi connectivity index (χ1v) is 12.7. The summed E-state index contributed by atoms with van der Waals surface area (Å²) in [4.78, 5) is 15.6. The van der Waals surface area contributed by atoms with E-state index in [4.69, 9.17) is 4.74 Å². The van der Waals surface area contributed by atoms with Gasteiger partial charge in [0, 0.05) is 33.2 Å². The second kappa shape index (κ2) is 10.8. The fourth-order valence-electron chi connectivity index (χ4n) is 3.95. The first kappa shape index (κ1) is 23.9. The van der Waals surface area contributed by atoms with E-state index < -0.39 is 10.0 Å². The number of hydrogen-bond acceptors (Lipinski definition) is 5. The quantitative estimate of drug-likeness (QED) is 0.537. The van der Waals surface area contributed by atoms with Gasteiger partial charge in [-0.15, -0.1) is 0 Å². The molecule has 178 valence electrons. The summed E-state index contributed by atoms with van der Waals surface area (Å²) >= 11 is 0. The third-order valence-corrected chi connectivity index (χ3v) is 7.63. The maximum absolute atomic E-state index is 13.1. The Balaban J connectivity index is 1.46. The van der Waals surface area contributed by atoms with Gasteiger partial charge in [0.1, 0.15) is 0 Å². The molecule has 1 aliphatic rings. The van der Waals surface area contributed by atoms with E-state index in [0.717, 1.165) is 42.7 Å². The molecule has 0 aliphatic carbocycles. The van der Waals surface area contributed by atoms with Gasteiger partial charge in [-0.2, -0.15) is 0 Å². The molecule has 3 aromatic rings. The minimum atomic E-state index is -3.80. The van der Waals surface area contributed by atoms with Crippen LogP contribution in [0.1, 0.15) is 21.5 Å². The molecule has 4 rings (SSSR count). The van der Waals surface area contributed by atoms with Crippen molar-refractivity contribution in [2.75, 3.05) is 37.7 Å². The molecule has 0 saturated carbocycles. The van der Waals surface area contributed by atoms with E-state index in [-0.39, 0.29) is 10.8 Å². The lowest BCUT2D eigenvalue weighted by molar-refractivity contribution is 0.0342. The topological polar surface area (TPSA) is 79.0 Å². The number of hydrogen-bond donors (Lipinski definition) is 1. The van der Waals surface area contributed by atoms with Crippen LogP contribution in [0.5, 0.6) is 0 Å². The number of nitrogens with one attached hydrogen (secondary N) is 1. The van der Waals surface area contributed by atoms with Crippen LogP contribution in [0.25, 0.3) is 0 Å². The van der Waals surface area contributed by atoms with Crippen molar-refractivity contribution in [2.24, 2.45) is 0 Å². The lowest BCUT2D eigenvalue weighted by Crippen LogP contribution is -2.35. The van der Waals surface area contributed by atoms with Gasteiger partial charge in [-0.25, -0.2) is 8.42 Å². The van der Waals surface area contributed by atoms with Crippen LogP contribution in [0.3, 0.4) is 0 Å². The van der Waals surface area contributed by atoms with Crippen molar-refractivity contribution >= 4 is 21.6 Å². The van der Waals surface area contributed by atoms with Gasteiger partial charge in [0.2, 0.25) is 0 Å². The number of ether oxygens (including phenoxy) is 1. The SMILES string of the molecule is CN(c1ccccc1C(=O)NCc1cccc(CN2CCOCC2)c1)S(=O)(=O)c1ccccc1. The molecule has 0 radical (unpaired) electrons. The number of amides is 1. The Morgan fingerprint density at radius 1 is 0.941 bits per heavy atom. The average molecular weight is 480 g/mol. The van der Waals surface area contributed by atoms with E-state index >= 15 is 0 Å². The molecule has 7 nitrogen and oxygen atoms in total. The zero-order valence-electron chi connectivity index (χ0n) is 19.2. The zero-order valence-corrected chi connectivity index (χ0v) is 20.0. The Morgan fingerprint density at radius 3 is 2.38 bits per heavy atom. The van der Waals surface area contributed by atoms with Crippen molar-refractivity contribution in [3.63, 3.8) is 0 Å². The Kier molecular flexibility index (Phi) is 7.62. The molecule has 3 aromatic carbocycles. The van der Waals surface area contributed by atoms with Crippen LogP contribution < -0.4 is 9.62 Å². The van der Waals surface area contributed by atoms with Gasteiger partial charge in [-0.3, -0.25) is 14.0 Å². The molecule has 34 heavy (non-hydrogen) atoms. The molecule has 1 N–H and O–H groups in total. The predicted molar refractivity (Wildman–Crippen MR) is 132 cm³/mol. The molecule has 1 heterocycles. The van der Waals surface area contributed by atoms with Gasteiger partial charge in [0.25, 0.3) is 15.9 Å². The van der Waals surface area contributed by atoms with E-state index in [2.05, 4.69) is 22.3 Å². The maximum Gasteiger partial charge on any atom is 0.264 e. The molecule has 0 atom stereocenters. The van der Waals surface area contributed by atoms with Crippen LogP contribution in [0.2, 0.25) is 0 Å².